The summed E-state index contributed by atoms with van der Waals surface area (Å²) < 4.78 is 0. The van der Waals surface area contributed by atoms with Crippen molar-refractivity contribution in [1.29, 1.82) is 0 Å². The van der Waals surface area contributed by atoms with Gasteiger partial charge >= 0.3 is 0 Å². The van der Waals surface area contributed by atoms with Crippen LogP contribution in [0.4, 0.5) is 22.7 Å². The minimum Gasteiger partial charge on any atom is -0.381 e. The molecule has 3 rings (SSSR count). The highest BCUT2D eigenvalue weighted by atomic mass is 16.3. The second kappa shape index (κ2) is 8.53. The number of hydrogen-bond acceptors (Lipinski definition) is 6. The summed E-state index contributed by atoms with van der Waals surface area (Å²) in [6.45, 7) is 1.39. The molecule has 2 N–H and O–H groups in total. The molecule has 6 nitrogen and oxygen atoms in total. The smallest absolute Gasteiger partial charge is 0.108 e. The Bertz CT molecular complexity index is 785. The zero-order valence-corrected chi connectivity index (χ0v) is 14.1. The maximum atomic E-state index is 10.4. The molecule has 0 aliphatic rings. The minimum absolute atomic E-state index is 0.421. The Morgan fingerprint density at radius 2 is 0.885 bits per heavy atom. The number of nitrogens with zero attached hydrogens (tertiary/aromatic N) is 2. The molecule has 0 amide bonds. The van der Waals surface area contributed by atoms with Gasteiger partial charge in [0, 0.05) is 24.5 Å². The number of nitrogens with one attached hydrogen (secondary N) is 2. The second-order valence-corrected chi connectivity index (χ2v) is 5.80. The molecule has 3 aromatic rings. The molecule has 130 valence electrons. The number of hydrogen-bond donors (Lipinski definition) is 2. The third-order valence-corrected chi connectivity index (χ3v) is 3.96. The molecule has 26 heavy (non-hydrogen) atoms. The Hall–Kier alpha value is -3.54. The fourth-order valence-electron chi connectivity index (χ4n) is 2.46. The summed E-state index contributed by atoms with van der Waals surface area (Å²) in [5.74, 6) is 0. The van der Waals surface area contributed by atoms with Crippen molar-refractivity contribution < 1.29 is 0 Å². The number of benzene rings is 3. The molecule has 0 aliphatic carbocycles. The van der Waals surface area contributed by atoms with Crippen LogP contribution in [0.25, 0.3) is 0 Å². The van der Waals surface area contributed by atoms with E-state index in [0.29, 0.717) is 24.5 Å². The Morgan fingerprint density at radius 3 is 1.19 bits per heavy atom. The third-order valence-electron chi connectivity index (χ3n) is 3.96. The van der Waals surface area contributed by atoms with E-state index in [1.54, 1.807) is 24.3 Å². The van der Waals surface area contributed by atoms with Crippen LogP contribution in [0.2, 0.25) is 0 Å². The molecule has 3 aromatic carbocycles. The molecule has 0 aliphatic heterocycles. The summed E-state index contributed by atoms with van der Waals surface area (Å²) in [5, 5.41) is 12.4. The average Bonchev–Trinajstić information content (AvgIpc) is 2.72. The maximum absolute atomic E-state index is 10.4. The zero-order chi connectivity index (χ0) is 18.2. The van der Waals surface area contributed by atoms with Gasteiger partial charge in [0.2, 0.25) is 0 Å². The van der Waals surface area contributed by atoms with Crippen molar-refractivity contribution in [2.75, 3.05) is 10.6 Å². The molecule has 0 aromatic heterocycles. The van der Waals surface area contributed by atoms with Crippen molar-refractivity contribution >= 4 is 22.7 Å². The number of nitroso groups, excluding NO2 is 2. The van der Waals surface area contributed by atoms with Gasteiger partial charge in [-0.3, -0.25) is 0 Å². The molecular formula is C20H18N4O2. The molecule has 0 radical (unpaired) electrons. The molecule has 0 saturated carbocycles. The number of rotatable bonds is 8. The van der Waals surface area contributed by atoms with Gasteiger partial charge in [0.1, 0.15) is 11.4 Å². The first-order valence-corrected chi connectivity index (χ1v) is 8.19. The van der Waals surface area contributed by atoms with Crippen LogP contribution in [0.1, 0.15) is 11.1 Å². The molecule has 6 heteroatoms. The van der Waals surface area contributed by atoms with Crippen molar-refractivity contribution in [2.24, 2.45) is 10.4 Å². The van der Waals surface area contributed by atoms with Gasteiger partial charge in [-0.25, -0.2) is 0 Å². The molecule has 0 fully saturated rings. The lowest BCUT2D eigenvalue weighted by atomic mass is 10.1. The van der Waals surface area contributed by atoms with Crippen LogP contribution >= 0.6 is 0 Å². The van der Waals surface area contributed by atoms with E-state index in [1.165, 1.54) is 0 Å². The predicted molar refractivity (Wildman–Crippen MR) is 105 cm³/mol. The van der Waals surface area contributed by atoms with E-state index in [0.717, 1.165) is 22.5 Å². The zero-order valence-electron chi connectivity index (χ0n) is 14.1. The van der Waals surface area contributed by atoms with Crippen molar-refractivity contribution in [3.63, 3.8) is 0 Å². The average molecular weight is 346 g/mol. The van der Waals surface area contributed by atoms with Gasteiger partial charge in [0.25, 0.3) is 0 Å². The largest absolute Gasteiger partial charge is 0.381 e. The lowest BCUT2D eigenvalue weighted by Gasteiger charge is -2.09. The summed E-state index contributed by atoms with van der Waals surface area (Å²) in [5.41, 5.74) is 5.04. The summed E-state index contributed by atoms with van der Waals surface area (Å²) in [4.78, 5) is 20.8. The lowest BCUT2D eigenvalue weighted by molar-refractivity contribution is 1.11. The third kappa shape index (κ3) is 4.73. The van der Waals surface area contributed by atoms with Gasteiger partial charge in [0.05, 0.1) is 0 Å². The van der Waals surface area contributed by atoms with E-state index in [-0.39, 0.29) is 0 Å². The standard InChI is InChI=1S/C20H18N4O2/c25-23-19-9-5-17(6-10-19)21-13-15-1-2-16(4-3-15)14-22-18-7-11-20(24-26)12-8-18/h1-12,21-22H,13-14H2. The molecule has 0 atom stereocenters. The highest BCUT2D eigenvalue weighted by Gasteiger charge is 1.98. The molecule has 0 unspecified atom stereocenters. The monoisotopic (exact) mass is 346 g/mol. The molecular weight excluding hydrogens is 328 g/mol. The van der Waals surface area contributed by atoms with Crippen molar-refractivity contribution in [3.05, 3.63) is 93.7 Å². The fraction of sp³-hybridized carbons (Fsp3) is 0.100. The number of anilines is 2. The Balaban J connectivity index is 1.50. The fourth-order valence-corrected chi connectivity index (χ4v) is 2.46. The highest BCUT2D eigenvalue weighted by Crippen LogP contribution is 2.18. The first-order chi connectivity index (χ1) is 12.8. The van der Waals surface area contributed by atoms with Crippen molar-refractivity contribution in [2.45, 2.75) is 13.1 Å². The Morgan fingerprint density at radius 1 is 0.538 bits per heavy atom. The van der Waals surface area contributed by atoms with Crippen LogP contribution in [0, 0.1) is 9.81 Å². The van der Waals surface area contributed by atoms with Crippen molar-refractivity contribution in [1.82, 2.24) is 0 Å². The van der Waals surface area contributed by atoms with Crippen molar-refractivity contribution in [3.8, 4) is 0 Å². The summed E-state index contributed by atoms with van der Waals surface area (Å²) in [6.07, 6.45) is 0. The summed E-state index contributed by atoms with van der Waals surface area (Å²) >= 11 is 0. The van der Waals surface area contributed by atoms with E-state index < -0.39 is 0 Å². The van der Waals surface area contributed by atoms with Crippen LogP contribution in [-0.2, 0) is 13.1 Å². The van der Waals surface area contributed by atoms with Gasteiger partial charge in [-0.2, -0.15) is 0 Å². The molecule has 0 spiro atoms. The van der Waals surface area contributed by atoms with Gasteiger partial charge in [-0.05, 0) is 70.0 Å². The van der Waals surface area contributed by atoms with Crippen LogP contribution in [-0.4, -0.2) is 0 Å². The second-order valence-electron chi connectivity index (χ2n) is 5.80. The SMILES string of the molecule is O=Nc1ccc(NCc2ccc(CNc3ccc(N=O)cc3)cc2)cc1. The molecule has 0 bridgehead atoms. The Kier molecular flexibility index (Phi) is 5.67. The quantitative estimate of drug-likeness (QED) is 0.512. The Labute approximate surface area is 151 Å². The van der Waals surface area contributed by atoms with Gasteiger partial charge in [0.15, 0.2) is 0 Å². The van der Waals surface area contributed by atoms with Crippen LogP contribution in [0.5, 0.6) is 0 Å². The van der Waals surface area contributed by atoms with Gasteiger partial charge < -0.3 is 10.6 Å². The summed E-state index contributed by atoms with van der Waals surface area (Å²) in [7, 11) is 0. The minimum atomic E-state index is 0.421. The lowest BCUT2D eigenvalue weighted by Crippen LogP contribution is -2.01. The topological polar surface area (TPSA) is 82.9 Å². The van der Waals surface area contributed by atoms with E-state index >= 15 is 0 Å². The van der Waals surface area contributed by atoms with Gasteiger partial charge in [-0.15, -0.1) is 9.81 Å². The molecule has 0 heterocycles. The highest BCUT2D eigenvalue weighted by molar-refractivity contribution is 5.52. The van der Waals surface area contributed by atoms with Crippen LogP contribution in [0.15, 0.2) is 83.2 Å². The molecule has 0 saturated heterocycles. The first-order valence-electron chi connectivity index (χ1n) is 8.19. The first kappa shape index (κ1) is 17.3. The van der Waals surface area contributed by atoms with E-state index in [1.807, 2.05) is 24.3 Å². The maximum Gasteiger partial charge on any atom is 0.108 e. The summed E-state index contributed by atoms with van der Waals surface area (Å²) in [6, 6.07) is 22.4. The normalized spacial score (nSPS) is 10.2. The van der Waals surface area contributed by atoms with E-state index in [4.69, 9.17) is 0 Å². The van der Waals surface area contributed by atoms with E-state index in [9.17, 15) is 9.81 Å². The van der Waals surface area contributed by atoms with Crippen LogP contribution in [0.3, 0.4) is 0 Å². The predicted octanol–water partition coefficient (Wildman–Crippen LogP) is 5.71. The van der Waals surface area contributed by atoms with Gasteiger partial charge in [-0.1, -0.05) is 24.3 Å². The van der Waals surface area contributed by atoms with E-state index in [2.05, 4.69) is 45.3 Å². The van der Waals surface area contributed by atoms with Crippen LogP contribution < -0.4 is 10.6 Å².